The molecule has 1 aromatic rings. The van der Waals surface area contributed by atoms with Gasteiger partial charge in [0.25, 0.3) is 0 Å². The van der Waals surface area contributed by atoms with Crippen LogP contribution in [0.2, 0.25) is 0 Å². The van der Waals surface area contributed by atoms with E-state index in [-0.39, 0.29) is 17.4 Å². The highest BCUT2D eigenvalue weighted by Gasteiger charge is 2.46. The van der Waals surface area contributed by atoms with E-state index in [0.29, 0.717) is 6.04 Å². The summed E-state index contributed by atoms with van der Waals surface area (Å²) in [6.07, 6.45) is 4.00. The smallest absolute Gasteiger partial charge is 0.223 e. The molecule has 1 aromatic carbocycles. The van der Waals surface area contributed by atoms with Crippen LogP contribution in [0, 0.1) is 5.92 Å². The lowest BCUT2D eigenvalue weighted by Crippen LogP contribution is -2.45. The second kappa shape index (κ2) is 5.49. The van der Waals surface area contributed by atoms with Gasteiger partial charge in [-0.2, -0.15) is 0 Å². The minimum absolute atomic E-state index is 0.102. The number of rotatable bonds is 3. The fourth-order valence-electron chi connectivity index (χ4n) is 3.10. The third-order valence-electron chi connectivity index (χ3n) is 4.48. The van der Waals surface area contributed by atoms with Crippen LogP contribution in [0.5, 0.6) is 0 Å². The molecule has 3 rings (SSSR count). The highest BCUT2D eigenvalue weighted by Crippen LogP contribution is 2.46. The first-order valence-electron chi connectivity index (χ1n) is 7.40. The molecule has 1 amide bonds. The van der Waals surface area contributed by atoms with E-state index in [1.165, 1.54) is 5.56 Å². The molecule has 0 unspecified atom stereocenters. The zero-order valence-electron chi connectivity index (χ0n) is 11.8. The van der Waals surface area contributed by atoms with Gasteiger partial charge in [-0.05, 0) is 56.8 Å². The van der Waals surface area contributed by atoms with E-state index in [1.807, 2.05) is 12.1 Å². The number of amides is 1. The van der Waals surface area contributed by atoms with Crippen molar-refractivity contribution in [3.8, 4) is 0 Å². The molecular weight excluding hydrogens is 316 g/mol. The molecule has 1 aliphatic heterocycles. The predicted octanol–water partition coefficient (Wildman–Crippen LogP) is 2.94. The molecule has 2 atom stereocenters. The number of benzene rings is 1. The number of nitrogens with one attached hydrogen (secondary N) is 2. The van der Waals surface area contributed by atoms with Gasteiger partial charge < -0.3 is 10.6 Å². The van der Waals surface area contributed by atoms with Gasteiger partial charge in [-0.15, -0.1) is 0 Å². The largest absolute Gasteiger partial charge is 0.346 e. The molecule has 0 spiro atoms. The molecule has 20 heavy (non-hydrogen) atoms. The number of hydrogen-bond acceptors (Lipinski definition) is 2. The minimum Gasteiger partial charge on any atom is -0.346 e. The van der Waals surface area contributed by atoms with Crippen molar-refractivity contribution in [2.75, 3.05) is 6.54 Å². The molecule has 2 aliphatic rings. The zero-order valence-corrected chi connectivity index (χ0v) is 13.4. The second-order valence-electron chi connectivity index (χ2n) is 6.16. The zero-order chi connectivity index (χ0) is 14.2. The van der Waals surface area contributed by atoms with Crippen LogP contribution in [0.15, 0.2) is 28.7 Å². The third kappa shape index (κ3) is 2.91. The quantitative estimate of drug-likeness (QED) is 0.890. The van der Waals surface area contributed by atoms with Crippen LogP contribution >= 0.6 is 15.9 Å². The summed E-state index contributed by atoms with van der Waals surface area (Å²) in [5.74, 6) is 0.395. The van der Waals surface area contributed by atoms with Gasteiger partial charge in [-0.1, -0.05) is 28.1 Å². The Hall–Kier alpha value is -0.870. The Morgan fingerprint density at radius 3 is 2.90 bits per heavy atom. The van der Waals surface area contributed by atoms with Gasteiger partial charge in [0.1, 0.15) is 0 Å². The van der Waals surface area contributed by atoms with Crippen LogP contribution in [0.4, 0.5) is 0 Å². The Labute approximate surface area is 128 Å². The summed E-state index contributed by atoms with van der Waals surface area (Å²) in [5.41, 5.74) is 1.12. The van der Waals surface area contributed by atoms with E-state index in [4.69, 9.17) is 0 Å². The first-order valence-corrected chi connectivity index (χ1v) is 8.20. The Morgan fingerprint density at radius 1 is 1.45 bits per heavy atom. The number of carbonyl (C=O) groups excluding carboxylic acids is 1. The average molecular weight is 337 g/mol. The van der Waals surface area contributed by atoms with Crippen molar-refractivity contribution in [3.63, 3.8) is 0 Å². The highest BCUT2D eigenvalue weighted by atomic mass is 79.9. The van der Waals surface area contributed by atoms with Crippen LogP contribution in [0.3, 0.4) is 0 Å². The van der Waals surface area contributed by atoms with Gasteiger partial charge in [0.05, 0.1) is 5.54 Å². The third-order valence-corrected chi connectivity index (χ3v) is 4.98. The van der Waals surface area contributed by atoms with Crippen LogP contribution in [-0.4, -0.2) is 18.5 Å². The van der Waals surface area contributed by atoms with Gasteiger partial charge in [0, 0.05) is 16.4 Å². The van der Waals surface area contributed by atoms with E-state index in [0.717, 1.165) is 36.7 Å². The van der Waals surface area contributed by atoms with Crippen molar-refractivity contribution in [3.05, 3.63) is 34.3 Å². The SMILES string of the molecule is C[C@H]1C[C@@H](C(=O)NC2(c3cccc(Br)c3)CC2)CCN1. The summed E-state index contributed by atoms with van der Waals surface area (Å²) < 4.78 is 1.08. The number of hydrogen-bond donors (Lipinski definition) is 2. The molecule has 1 saturated heterocycles. The van der Waals surface area contributed by atoms with Crippen molar-refractivity contribution in [2.24, 2.45) is 5.92 Å². The first-order chi connectivity index (χ1) is 9.59. The topological polar surface area (TPSA) is 41.1 Å². The Balaban J connectivity index is 1.69. The van der Waals surface area contributed by atoms with Gasteiger partial charge in [0.15, 0.2) is 0 Å². The molecule has 3 nitrogen and oxygen atoms in total. The lowest BCUT2D eigenvalue weighted by atomic mass is 9.91. The maximum atomic E-state index is 12.5. The first kappa shape index (κ1) is 14.1. The number of halogens is 1. The van der Waals surface area contributed by atoms with Crippen molar-refractivity contribution >= 4 is 21.8 Å². The highest BCUT2D eigenvalue weighted by molar-refractivity contribution is 9.10. The van der Waals surface area contributed by atoms with Crippen molar-refractivity contribution < 1.29 is 4.79 Å². The maximum absolute atomic E-state index is 12.5. The summed E-state index contributed by atoms with van der Waals surface area (Å²) in [7, 11) is 0. The van der Waals surface area contributed by atoms with Gasteiger partial charge in [-0.3, -0.25) is 4.79 Å². The second-order valence-corrected chi connectivity index (χ2v) is 7.07. The number of carbonyl (C=O) groups is 1. The van der Waals surface area contributed by atoms with Gasteiger partial charge in [0.2, 0.25) is 5.91 Å². The monoisotopic (exact) mass is 336 g/mol. The van der Waals surface area contributed by atoms with Crippen LogP contribution in [0.1, 0.15) is 38.2 Å². The fourth-order valence-corrected chi connectivity index (χ4v) is 3.50. The van der Waals surface area contributed by atoms with E-state index in [9.17, 15) is 4.79 Å². The van der Waals surface area contributed by atoms with E-state index < -0.39 is 0 Å². The van der Waals surface area contributed by atoms with Crippen molar-refractivity contribution in [1.29, 1.82) is 0 Å². The number of piperidine rings is 1. The average Bonchev–Trinajstić information content (AvgIpc) is 3.20. The summed E-state index contributed by atoms with van der Waals surface area (Å²) in [5, 5.41) is 6.71. The van der Waals surface area contributed by atoms with Crippen LogP contribution in [-0.2, 0) is 10.3 Å². The molecule has 1 heterocycles. The Bertz CT molecular complexity index is 513. The summed E-state index contributed by atoms with van der Waals surface area (Å²) in [4.78, 5) is 12.5. The lowest BCUT2D eigenvalue weighted by molar-refractivity contribution is -0.127. The summed E-state index contributed by atoms with van der Waals surface area (Å²) in [6.45, 7) is 3.10. The van der Waals surface area contributed by atoms with Crippen molar-refractivity contribution in [1.82, 2.24) is 10.6 Å². The normalized spacial score (nSPS) is 27.9. The molecule has 1 aliphatic carbocycles. The summed E-state index contributed by atoms with van der Waals surface area (Å²) in [6, 6.07) is 8.75. The minimum atomic E-state index is -0.102. The standard InChI is InChI=1S/C16H21BrN2O/c1-11-9-12(5-8-18-11)15(20)19-16(6-7-16)13-3-2-4-14(17)10-13/h2-4,10-12,18H,5-9H2,1H3,(H,19,20)/t11-,12-/m0/s1. The van der Waals surface area contributed by atoms with E-state index >= 15 is 0 Å². The molecule has 0 radical (unpaired) electrons. The molecule has 0 bridgehead atoms. The molecule has 2 N–H and O–H groups in total. The predicted molar refractivity (Wildman–Crippen MR) is 83.4 cm³/mol. The summed E-state index contributed by atoms with van der Waals surface area (Å²) >= 11 is 3.51. The van der Waals surface area contributed by atoms with Crippen molar-refractivity contribution in [2.45, 2.75) is 44.2 Å². The van der Waals surface area contributed by atoms with E-state index in [2.05, 4.69) is 45.6 Å². The molecule has 0 aromatic heterocycles. The van der Waals surface area contributed by atoms with E-state index in [1.54, 1.807) is 0 Å². The van der Waals surface area contributed by atoms with Gasteiger partial charge >= 0.3 is 0 Å². The molecule has 4 heteroatoms. The van der Waals surface area contributed by atoms with Crippen LogP contribution in [0.25, 0.3) is 0 Å². The van der Waals surface area contributed by atoms with Crippen LogP contribution < -0.4 is 10.6 Å². The Morgan fingerprint density at radius 2 is 2.25 bits per heavy atom. The lowest BCUT2D eigenvalue weighted by Gasteiger charge is -2.29. The molecule has 108 valence electrons. The molecule has 2 fully saturated rings. The Kier molecular flexibility index (Phi) is 3.87. The maximum Gasteiger partial charge on any atom is 0.223 e. The fraction of sp³-hybridized carbons (Fsp3) is 0.562. The molecule has 1 saturated carbocycles. The molecular formula is C16H21BrN2O. The van der Waals surface area contributed by atoms with Gasteiger partial charge in [-0.25, -0.2) is 0 Å².